The molecule has 0 aliphatic carbocycles. The van der Waals surface area contributed by atoms with Gasteiger partial charge in [0.15, 0.2) is 5.96 Å². The largest absolute Gasteiger partial charge is 0.508 e. The van der Waals surface area contributed by atoms with E-state index in [0.29, 0.717) is 30.2 Å². The lowest BCUT2D eigenvalue weighted by atomic mass is 10.1. The third kappa shape index (κ3) is 7.10. The van der Waals surface area contributed by atoms with Crippen LogP contribution in [0.3, 0.4) is 0 Å². The molecule has 2 aromatic rings. The van der Waals surface area contributed by atoms with Crippen molar-refractivity contribution >= 4 is 29.9 Å². The average molecular weight is 509 g/mol. The van der Waals surface area contributed by atoms with Crippen LogP contribution in [0.4, 0.5) is 13.2 Å². The van der Waals surface area contributed by atoms with Gasteiger partial charge in [-0.1, -0.05) is 18.2 Å². The fourth-order valence-corrected chi connectivity index (χ4v) is 2.46. The summed E-state index contributed by atoms with van der Waals surface area (Å²) in [6.45, 7) is 0.694. The third-order valence-corrected chi connectivity index (χ3v) is 3.92. The second-order valence-electron chi connectivity index (χ2n) is 5.80. The number of rotatable bonds is 6. The van der Waals surface area contributed by atoms with Crippen LogP contribution in [-0.4, -0.2) is 31.8 Å². The number of nitrogens with one attached hydrogen (secondary N) is 2. The molecule has 0 saturated carbocycles. The number of halogens is 4. The van der Waals surface area contributed by atoms with Crippen molar-refractivity contribution < 1.29 is 23.0 Å². The highest BCUT2D eigenvalue weighted by molar-refractivity contribution is 14.0. The van der Waals surface area contributed by atoms with E-state index in [2.05, 4.69) is 15.6 Å². The lowest BCUT2D eigenvalue weighted by Crippen LogP contribution is -2.37. The van der Waals surface area contributed by atoms with Crippen LogP contribution in [-0.2, 0) is 19.1 Å². The molecule has 0 atom stereocenters. The molecular formula is C19H23F3IN3O2. The number of methoxy groups -OCH3 is 1. The summed E-state index contributed by atoms with van der Waals surface area (Å²) in [5, 5.41) is 16.0. The molecule has 0 spiro atoms. The number of nitrogens with zero attached hydrogens (tertiary/aromatic N) is 1. The molecule has 0 aliphatic heterocycles. The Morgan fingerprint density at radius 3 is 2.50 bits per heavy atom. The van der Waals surface area contributed by atoms with Crippen LogP contribution in [0, 0.1) is 0 Å². The third-order valence-electron chi connectivity index (χ3n) is 3.92. The van der Waals surface area contributed by atoms with E-state index in [9.17, 15) is 18.3 Å². The Labute approximate surface area is 179 Å². The number of aromatic hydroxyl groups is 1. The van der Waals surface area contributed by atoms with Crippen LogP contribution in [0.2, 0.25) is 0 Å². The first-order valence-corrected chi connectivity index (χ1v) is 8.30. The zero-order valence-electron chi connectivity index (χ0n) is 15.5. The maximum atomic E-state index is 12.8. The van der Waals surface area contributed by atoms with Crippen molar-refractivity contribution in [1.29, 1.82) is 0 Å². The highest BCUT2D eigenvalue weighted by Crippen LogP contribution is 2.29. The number of ether oxygens (including phenoxy) is 1. The van der Waals surface area contributed by atoms with E-state index in [1.807, 2.05) is 0 Å². The summed E-state index contributed by atoms with van der Waals surface area (Å²) in [5.41, 5.74) is 0.567. The minimum Gasteiger partial charge on any atom is -0.508 e. The van der Waals surface area contributed by atoms with E-state index < -0.39 is 11.7 Å². The van der Waals surface area contributed by atoms with Gasteiger partial charge in [-0.3, -0.25) is 4.99 Å². The Kier molecular flexibility index (Phi) is 9.36. The van der Waals surface area contributed by atoms with Gasteiger partial charge < -0.3 is 20.5 Å². The maximum Gasteiger partial charge on any atom is 0.416 e. The molecule has 0 amide bonds. The Morgan fingerprint density at radius 1 is 1.14 bits per heavy atom. The molecule has 28 heavy (non-hydrogen) atoms. The average Bonchev–Trinajstić information content (AvgIpc) is 2.65. The summed E-state index contributed by atoms with van der Waals surface area (Å²) in [6.07, 6.45) is -3.82. The monoisotopic (exact) mass is 509 g/mol. The first-order valence-electron chi connectivity index (χ1n) is 8.30. The molecule has 0 aromatic heterocycles. The number of benzene rings is 2. The van der Waals surface area contributed by atoms with Crippen LogP contribution in [0.1, 0.15) is 16.7 Å². The normalized spacial score (nSPS) is 11.5. The molecule has 154 valence electrons. The lowest BCUT2D eigenvalue weighted by molar-refractivity contribution is -0.137. The molecule has 0 heterocycles. The van der Waals surface area contributed by atoms with Crippen LogP contribution in [0.15, 0.2) is 47.5 Å². The van der Waals surface area contributed by atoms with E-state index in [1.165, 1.54) is 19.2 Å². The predicted octanol–water partition coefficient (Wildman–Crippen LogP) is 3.95. The van der Waals surface area contributed by atoms with Gasteiger partial charge in [0.25, 0.3) is 0 Å². The van der Waals surface area contributed by atoms with Crippen LogP contribution in [0.25, 0.3) is 0 Å². The number of hydrogen-bond acceptors (Lipinski definition) is 3. The second kappa shape index (κ2) is 11.0. The zero-order valence-corrected chi connectivity index (χ0v) is 17.8. The Morgan fingerprint density at radius 2 is 1.89 bits per heavy atom. The Hall–Kier alpha value is -2.17. The lowest BCUT2D eigenvalue weighted by Gasteiger charge is -2.14. The molecule has 0 unspecified atom stereocenters. The fraction of sp³-hybridized carbons (Fsp3) is 0.316. The van der Waals surface area contributed by atoms with Crippen molar-refractivity contribution in [2.75, 3.05) is 20.7 Å². The summed E-state index contributed by atoms with van der Waals surface area (Å²) < 4.78 is 43.3. The van der Waals surface area contributed by atoms with E-state index >= 15 is 0 Å². The van der Waals surface area contributed by atoms with Gasteiger partial charge in [-0.2, -0.15) is 13.2 Å². The molecule has 9 heteroatoms. The van der Waals surface area contributed by atoms with Gasteiger partial charge in [-0.25, -0.2) is 0 Å². The molecule has 2 aromatic carbocycles. The predicted molar refractivity (Wildman–Crippen MR) is 113 cm³/mol. The number of phenols is 1. The minimum absolute atomic E-state index is 0. The van der Waals surface area contributed by atoms with Gasteiger partial charge in [-0.05, 0) is 35.7 Å². The van der Waals surface area contributed by atoms with Gasteiger partial charge in [0.05, 0.1) is 12.7 Å². The van der Waals surface area contributed by atoms with Gasteiger partial charge in [0, 0.05) is 26.2 Å². The fourth-order valence-electron chi connectivity index (χ4n) is 2.46. The summed E-state index contributed by atoms with van der Waals surface area (Å²) in [4.78, 5) is 4.04. The van der Waals surface area contributed by atoms with E-state index in [1.54, 1.807) is 25.2 Å². The quantitative estimate of drug-likeness (QED) is 0.314. The summed E-state index contributed by atoms with van der Waals surface area (Å²) >= 11 is 0. The number of phenolic OH excluding ortho intramolecular Hbond substituents is 1. The number of hydrogen-bond donors (Lipinski definition) is 3. The molecule has 5 nitrogen and oxygen atoms in total. The first kappa shape index (κ1) is 23.9. The van der Waals surface area contributed by atoms with E-state index in [-0.39, 0.29) is 36.3 Å². The Bertz CT molecular complexity index is 798. The van der Waals surface area contributed by atoms with E-state index in [4.69, 9.17) is 4.74 Å². The molecule has 2 rings (SSSR count). The van der Waals surface area contributed by atoms with E-state index in [0.717, 1.165) is 17.7 Å². The molecule has 0 saturated heterocycles. The summed E-state index contributed by atoms with van der Waals surface area (Å²) in [6, 6.07) is 10.2. The van der Waals surface area contributed by atoms with Crippen molar-refractivity contribution in [2.24, 2.45) is 4.99 Å². The van der Waals surface area contributed by atoms with Crippen LogP contribution < -0.4 is 15.4 Å². The van der Waals surface area contributed by atoms with Crippen molar-refractivity contribution in [3.8, 4) is 11.5 Å². The van der Waals surface area contributed by atoms with Crippen molar-refractivity contribution in [3.63, 3.8) is 0 Å². The van der Waals surface area contributed by atoms with Crippen molar-refractivity contribution in [1.82, 2.24) is 10.6 Å². The highest BCUT2D eigenvalue weighted by atomic mass is 127. The molecular weight excluding hydrogens is 486 g/mol. The van der Waals surface area contributed by atoms with Crippen molar-refractivity contribution in [3.05, 3.63) is 59.2 Å². The summed E-state index contributed by atoms with van der Waals surface area (Å²) in [7, 11) is 3.10. The minimum atomic E-state index is -4.36. The highest BCUT2D eigenvalue weighted by Gasteiger charge is 2.30. The van der Waals surface area contributed by atoms with Gasteiger partial charge in [0.1, 0.15) is 11.5 Å². The van der Waals surface area contributed by atoms with Crippen LogP contribution in [0.5, 0.6) is 11.5 Å². The van der Waals surface area contributed by atoms with Gasteiger partial charge in [0.2, 0.25) is 0 Å². The molecule has 0 radical (unpaired) electrons. The number of alkyl halides is 3. The molecule has 0 bridgehead atoms. The smallest absolute Gasteiger partial charge is 0.416 e. The first-order chi connectivity index (χ1) is 12.8. The number of aliphatic imine (C=N–C) groups is 1. The molecule has 0 aliphatic rings. The van der Waals surface area contributed by atoms with Gasteiger partial charge in [-0.15, -0.1) is 24.0 Å². The van der Waals surface area contributed by atoms with Crippen molar-refractivity contribution in [2.45, 2.75) is 19.1 Å². The molecule has 0 fully saturated rings. The topological polar surface area (TPSA) is 65.9 Å². The second-order valence-corrected chi connectivity index (χ2v) is 5.80. The standard InChI is InChI=1S/C19H22F3N3O2.HI/c1-23-18(24-9-8-14-6-7-16(27-2)11-17(14)26)25-12-13-4-3-5-15(10-13)19(20,21)22;/h3-7,10-11,26H,8-9,12H2,1-2H3,(H2,23,24,25);1H. The van der Waals surface area contributed by atoms with Gasteiger partial charge >= 0.3 is 6.18 Å². The number of guanidine groups is 1. The Balaban J connectivity index is 0.00000392. The van der Waals surface area contributed by atoms with Crippen LogP contribution >= 0.6 is 24.0 Å². The zero-order chi connectivity index (χ0) is 19.9. The SMILES string of the molecule is CN=C(NCCc1ccc(OC)cc1O)NCc1cccc(C(F)(F)F)c1.I. The maximum absolute atomic E-state index is 12.8. The summed E-state index contributed by atoms with van der Waals surface area (Å²) in [5.74, 6) is 1.17. The molecule has 3 N–H and O–H groups in total.